The number of para-hydroxylation sites is 1. The van der Waals surface area contributed by atoms with Gasteiger partial charge in [-0.2, -0.15) is 0 Å². The van der Waals surface area contributed by atoms with Crippen LogP contribution in [0.1, 0.15) is 36.0 Å². The molecule has 26 heavy (non-hydrogen) atoms. The Balaban J connectivity index is 1.59. The van der Waals surface area contributed by atoms with Crippen molar-refractivity contribution < 1.29 is 9.90 Å². The summed E-state index contributed by atoms with van der Waals surface area (Å²) >= 11 is 0. The molecule has 1 amide bonds. The van der Waals surface area contributed by atoms with Crippen molar-refractivity contribution in [1.29, 1.82) is 0 Å². The minimum absolute atomic E-state index is 0.178. The van der Waals surface area contributed by atoms with Crippen molar-refractivity contribution in [3.05, 3.63) is 46.2 Å². The van der Waals surface area contributed by atoms with E-state index in [0.717, 1.165) is 43.3 Å². The molecule has 0 saturated carbocycles. The predicted octanol–water partition coefficient (Wildman–Crippen LogP) is 1.51. The number of carbonyl (C=O) groups excluding carboxylic acids is 1. The number of aliphatic hydroxyl groups excluding tert-OH is 1. The molecule has 1 saturated heterocycles. The quantitative estimate of drug-likeness (QED) is 0.769. The first-order valence-electron chi connectivity index (χ1n) is 9.33. The van der Waals surface area contributed by atoms with Crippen molar-refractivity contribution in [1.82, 2.24) is 14.8 Å². The number of piperidine rings is 1. The number of carbonyl (C=O) groups is 1. The number of amides is 1. The first-order valence-corrected chi connectivity index (χ1v) is 9.33. The third-order valence-corrected chi connectivity index (χ3v) is 5.25. The lowest BCUT2D eigenvalue weighted by Gasteiger charge is -2.34. The highest BCUT2D eigenvalue weighted by atomic mass is 16.3. The summed E-state index contributed by atoms with van der Waals surface area (Å²) in [5.74, 6) is -0.325. The van der Waals surface area contributed by atoms with Crippen LogP contribution in [0.15, 0.2) is 35.1 Å². The van der Waals surface area contributed by atoms with Gasteiger partial charge in [0.2, 0.25) is 0 Å². The van der Waals surface area contributed by atoms with E-state index >= 15 is 0 Å². The van der Waals surface area contributed by atoms with Gasteiger partial charge in [0.1, 0.15) is 5.56 Å². The zero-order chi connectivity index (χ0) is 18.5. The maximum Gasteiger partial charge on any atom is 0.263 e. The first-order chi connectivity index (χ1) is 12.6. The monoisotopic (exact) mass is 357 g/mol. The van der Waals surface area contributed by atoms with Gasteiger partial charge in [0, 0.05) is 26.2 Å². The van der Waals surface area contributed by atoms with E-state index in [1.807, 2.05) is 24.3 Å². The lowest BCUT2D eigenvalue weighted by molar-refractivity contribution is 0.0868. The highest BCUT2D eigenvalue weighted by Crippen LogP contribution is 2.16. The standard InChI is InChI=1S/C20H27N3O3/c1-22-18-9-3-2-7-15(18)13-17(20(22)26)19(25)21-10-6-12-23-11-5-4-8-16(23)14-24/h2-3,7,9,13,16,24H,4-6,8,10-12,14H2,1H3,(H,21,25)/t16-/m1/s1. The zero-order valence-electron chi connectivity index (χ0n) is 15.3. The van der Waals surface area contributed by atoms with E-state index in [9.17, 15) is 14.7 Å². The molecule has 140 valence electrons. The summed E-state index contributed by atoms with van der Waals surface area (Å²) in [5.41, 5.74) is 0.712. The van der Waals surface area contributed by atoms with Crippen LogP contribution in [-0.4, -0.2) is 52.8 Å². The third kappa shape index (κ3) is 3.97. The number of hydrogen-bond donors (Lipinski definition) is 2. The molecule has 0 aliphatic carbocycles. The number of aryl methyl sites for hydroxylation is 1. The van der Waals surface area contributed by atoms with Crippen molar-refractivity contribution in [3.63, 3.8) is 0 Å². The smallest absolute Gasteiger partial charge is 0.263 e. The average Bonchev–Trinajstić information content (AvgIpc) is 2.68. The van der Waals surface area contributed by atoms with Crippen LogP contribution in [-0.2, 0) is 7.05 Å². The van der Waals surface area contributed by atoms with Gasteiger partial charge in [-0.25, -0.2) is 0 Å². The number of nitrogens with one attached hydrogen (secondary N) is 1. The van der Waals surface area contributed by atoms with Crippen molar-refractivity contribution >= 4 is 16.8 Å². The lowest BCUT2D eigenvalue weighted by Crippen LogP contribution is -2.43. The minimum atomic E-state index is -0.325. The molecule has 1 aromatic heterocycles. The SMILES string of the molecule is Cn1c(=O)c(C(=O)NCCCN2CCCC[C@@H]2CO)cc2ccccc21. The van der Waals surface area contributed by atoms with Crippen LogP contribution < -0.4 is 10.9 Å². The number of nitrogens with zero attached hydrogens (tertiary/aromatic N) is 2. The fraction of sp³-hybridized carbons (Fsp3) is 0.500. The van der Waals surface area contributed by atoms with Gasteiger partial charge in [0.25, 0.3) is 11.5 Å². The summed E-state index contributed by atoms with van der Waals surface area (Å²) in [4.78, 5) is 27.2. The van der Waals surface area contributed by atoms with Gasteiger partial charge in [-0.1, -0.05) is 24.6 Å². The molecule has 1 atom stereocenters. The molecular weight excluding hydrogens is 330 g/mol. The predicted molar refractivity (Wildman–Crippen MR) is 102 cm³/mol. The summed E-state index contributed by atoms with van der Waals surface area (Å²) in [6.07, 6.45) is 4.17. The number of pyridine rings is 1. The second-order valence-corrected chi connectivity index (χ2v) is 6.96. The van der Waals surface area contributed by atoms with Gasteiger partial charge < -0.3 is 15.0 Å². The molecule has 1 fully saturated rings. The highest BCUT2D eigenvalue weighted by molar-refractivity contribution is 5.97. The maximum absolute atomic E-state index is 12.5. The van der Waals surface area contributed by atoms with Crippen molar-refractivity contribution in [2.45, 2.75) is 31.7 Å². The second-order valence-electron chi connectivity index (χ2n) is 6.96. The molecule has 0 bridgehead atoms. The van der Waals surface area contributed by atoms with Crippen molar-refractivity contribution in [3.8, 4) is 0 Å². The number of hydrogen-bond acceptors (Lipinski definition) is 4. The number of aromatic nitrogens is 1. The number of aliphatic hydroxyl groups is 1. The molecule has 6 nitrogen and oxygen atoms in total. The van der Waals surface area contributed by atoms with Crippen LogP contribution in [0, 0.1) is 0 Å². The molecule has 1 aliphatic rings. The summed E-state index contributed by atoms with van der Waals surface area (Å²) in [6, 6.07) is 9.45. The van der Waals surface area contributed by atoms with E-state index in [4.69, 9.17) is 0 Å². The Labute approximate surface area is 153 Å². The molecule has 1 aromatic carbocycles. The summed E-state index contributed by atoms with van der Waals surface area (Å²) in [6.45, 7) is 2.56. The van der Waals surface area contributed by atoms with E-state index in [1.54, 1.807) is 13.1 Å². The van der Waals surface area contributed by atoms with Gasteiger partial charge in [0.05, 0.1) is 12.1 Å². The Morgan fingerprint density at radius 1 is 1.31 bits per heavy atom. The summed E-state index contributed by atoms with van der Waals surface area (Å²) in [7, 11) is 1.69. The number of benzene rings is 1. The molecular formula is C20H27N3O3. The van der Waals surface area contributed by atoms with Crippen LogP contribution in [0.5, 0.6) is 0 Å². The molecule has 0 radical (unpaired) electrons. The fourth-order valence-electron chi connectivity index (χ4n) is 3.73. The maximum atomic E-state index is 12.5. The van der Waals surface area contributed by atoms with E-state index in [-0.39, 0.29) is 29.7 Å². The van der Waals surface area contributed by atoms with Crippen LogP contribution in [0.4, 0.5) is 0 Å². The third-order valence-electron chi connectivity index (χ3n) is 5.25. The van der Waals surface area contributed by atoms with Crippen LogP contribution >= 0.6 is 0 Å². The Bertz CT molecular complexity index is 831. The van der Waals surface area contributed by atoms with Gasteiger partial charge in [-0.3, -0.25) is 14.5 Å². The normalized spacial score (nSPS) is 18.2. The fourth-order valence-corrected chi connectivity index (χ4v) is 3.73. The largest absolute Gasteiger partial charge is 0.395 e. The Morgan fingerprint density at radius 3 is 2.92 bits per heavy atom. The average molecular weight is 357 g/mol. The Morgan fingerprint density at radius 2 is 2.12 bits per heavy atom. The molecule has 6 heteroatoms. The number of fused-ring (bicyclic) bond motifs is 1. The topological polar surface area (TPSA) is 74.6 Å². The number of rotatable bonds is 6. The van der Waals surface area contributed by atoms with Gasteiger partial charge in [0.15, 0.2) is 0 Å². The zero-order valence-corrected chi connectivity index (χ0v) is 15.3. The summed E-state index contributed by atoms with van der Waals surface area (Å²) < 4.78 is 1.52. The van der Waals surface area contributed by atoms with E-state index in [2.05, 4.69) is 10.2 Å². The van der Waals surface area contributed by atoms with Crippen LogP contribution in [0.25, 0.3) is 10.9 Å². The first kappa shape index (κ1) is 18.6. The molecule has 3 rings (SSSR count). The minimum Gasteiger partial charge on any atom is -0.395 e. The van der Waals surface area contributed by atoms with Gasteiger partial charge >= 0.3 is 0 Å². The van der Waals surface area contributed by atoms with Gasteiger partial charge in [-0.15, -0.1) is 0 Å². The number of likely N-dealkylation sites (tertiary alicyclic amines) is 1. The Kier molecular flexibility index (Phi) is 6.06. The van der Waals surface area contributed by atoms with E-state index in [1.165, 1.54) is 11.0 Å². The van der Waals surface area contributed by atoms with Gasteiger partial charge in [-0.05, 0) is 43.3 Å². The molecule has 0 unspecified atom stereocenters. The Hall–Kier alpha value is -2.18. The molecule has 1 aliphatic heterocycles. The van der Waals surface area contributed by atoms with Crippen LogP contribution in [0.2, 0.25) is 0 Å². The summed E-state index contributed by atoms with van der Waals surface area (Å²) in [5, 5.41) is 13.2. The van der Waals surface area contributed by atoms with Crippen molar-refractivity contribution in [2.75, 3.05) is 26.2 Å². The van der Waals surface area contributed by atoms with E-state index < -0.39 is 0 Å². The molecule has 2 N–H and O–H groups in total. The second kappa shape index (κ2) is 8.47. The van der Waals surface area contributed by atoms with E-state index in [0.29, 0.717) is 6.54 Å². The molecule has 2 aromatic rings. The lowest BCUT2D eigenvalue weighted by atomic mass is 10.0. The van der Waals surface area contributed by atoms with Crippen molar-refractivity contribution in [2.24, 2.45) is 7.05 Å². The van der Waals surface area contributed by atoms with Crippen LogP contribution in [0.3, 0.4) is 0 Å². The molecule has 2 heterocycles. The highest BCUT2D eigenvalue weighted by Gasteiger charge is 2.21. The molecule has 0 spiro atoms.